The maximum absolute atomic E-state index is 4.51. The van der Waals surface area contributed by atoms with Gasteiger partial charge in [0, 0.05) is 18.1 Å². The van der Waals surface area contributed by atoms with Gasteiger partial charge in [-0.2, -0.15) is 0 Å². The molecule has 3 heteroatoms. The second-order valence-corrected chi connectivity index (χ2v) is 3.54. The van der Waals surface area contributed by atoms with Crippen LogP contribution in [0.2, 0.25) is 0 Å². The summed E-state index contributed by atoms with van der Waals surface area (Å²) in [5.41, 5.74) is 3.31. The first-order valence-corrected chi connectivity index (χ1v) is 4.48. The van der Waals surface area contributed by atoms with Crippen molar-refractivity contribution in [3.8, 4) is 0 Å². The summed E-state index contributed by atoms with van der Waals surface area (Å²) < 4.78 is 2.07. The smallest absolute Gasteiger partial charge is 0.155 e. The van der Waals surface area contributed by atoms with Crippen molar-refractivity contribution in [2.24, 2.45) is 0 Å². The Hall–Kier alpha value is -1.38. The lowest BCUT2D eigenvalue weighted by Crippen LogP contribution is -1.91. The van der Waals surface area contributed by atoms with Crippen molar-refractivity contribution in [3.63, 3.8) is 0 Å². The molecule has 13 heavy (non-hydrogen) atoms. The highest BCUT2D eigenvalue weighted by atomic mass is 15.0. The third-order valence-electron chi connectivity index (χ3n) is 2.25. The van der Waals surface area contributed by atoms with Gasteiger partial charge in [-0.3, -0.25) is 4.98 Å². The molecule has 2 aromatic heterocycles. The van der Waals surface area contributed by atoms with Crippen molar-refractivity contribution in [3.05, 3.63) is 30.0 Å². The highest BCUT2D eigenvalue weighted by Crippen LogP contribution is 2.18. The lowest BCUT2D eigenvalue weighted by Gasteiger charge is -2.00. The predicted octanol–water partition coefficient (Wildman–Crippen LogP) is 2.16. The van der Waals surface area contributed by atoms with Gasteiger partial charge in [-0.1, -0.05) is 13.8 Å². The van der Waals surface area contributed by atoms with Gasteiger partial charge in [-0.05, 0) is 12.8 Å². The molecule has 0 aliphatic heterocycles. The quantitative estimate of drug-likeness (QED) is 0.664. The summed E-state index contributed by atoms with van der Waals surface area (Å²) in [6.07, 6.45) is 5.52. The highest BCUT2D eigenvalue weighted by molar-refractivity contribution is 5.41. The van der Waals surface area contributed by atoms with Crippen LogP contribution in [0.15, 0.2) is 18.6 Å². The van der Waals surface area contributed by atoms with Gasteiger partial charge >= 0.3 is 0 Å². The number of hydrogen-bond donors (Lipinski definition) is 0. The minimum Gasteiger partial charge on any atom is -0.301 e. The van der Waals surface area contributed by atoms with Crippen LogP contribution in [0.1, 0.15) is 31.2 Å². The Morgan fingerprint density at radius 1 is 1.38 bits per heavy atom. The molecule has 0 aromatic carbocycles. The average molecular weight is 175 g/mol. The van der Waals surface area contributed by atoms with Crippen LogP contribution >= 0.6 is 0 Å². The van der Waals surface area contributed by atoms with Gasteiger partial charge in [-0.25, -0.2) is 4.98 Å². The summed E-state index contributed by atoms with van der Waals surface area (Å²) in [4.78, 5) is 8.56. The van der Waals surface area contributed by atoms with Crippen molar-refractivity contribution in [1.29, 1.82) is 0 Å². The minimum atomic E-state index is 0.472. The number of imidazole rings is 1. The van der Waals surface area contributed by atoms with Crippen LogP contribution in [0.3, 0.4) is 0 Å². The molecule has 0 unspecified atom stereocenters. The zero-order valence-electron chi connectivity index (χ0n) is 8.15. The first kappa shape index (κ1) is 8.23. The van der Waals surface area contributed by atoms with E-state index in [9.17, 15) is 0 Å². The van der Waals surface area contributed by atoms with Gasteiger partial charge in [-0.15, -0.1) is 0 Å². The van der Waals surface area contributed by atoms with Crippen molar-refractivity contribution in [2.45, 2.75) is 26.7 Å². The Labute approximate surface area is 77.4 Å². The zero-order chi connectivity index (χ0) is 9.42. The molecule has 0 aliphatic carbocycles. The summed E-state index contributed by atoms with van der Waals surface area (Å²) in [5, 5.41) is 0. The van der Waals surface area contributed by atoms with E-state index < -0.39 is 0 Å². The summed E-state index contributed by atoms with van der Waals surface area (Å²) in [7, 11) is 0. The van der Waals surface area contributed by atoms with E-state index in [1.807, 2.05) is 6.20 Å². The first-order chi connectivity index (χ1) is 6.20. The van der Waals surface area contributed by atoms with Crippen LogP contribution in [-0.2, 0) is 0 Å². The topological polar surface area (TPSA) is 30.2 Å². The highest BCUT2D eigenvalue weighted by Gasteiger charge is 2.10. The van der Waals surface area contributed by atoms with E-state index in [1.54, 1.807) is 12.4 Å². The molecule has 2 heterocycles. The molecule has 0 atom stereocenters. The van der Waals surface area contributed by atoms with Gasteiger partial charge in [0.2, 0.25) is 0 Å². The Balaban J connectivity index is 2.74. The molecule has 0 radical (unpaired) electrons. The Morgan fingerprint density at radius 3 is 2.77 bits per heavy atom. The van der Waals surface area contributed by atoms with Crippen molar-refractivity contribution >= 4 is 5.65 Å². The molecule has 0 aliphatic rings. The third kappa shape index (κ3) is 1.20. The number of aryl methyl sites for hydroxylation is 1. The summed E-state index contributed by atoms with van der Waals surface area (Å²) >= 11 is 0. The van der Waals surface area contributed by atoms with E-state index in [-0.39, 0.29) is 0 Å². The number of aromatic nitrogens is 3. The van der Waals surface area contributed by atoms with Crippen molar-refractivity contribution in [2.75, 3.05) is 0 Å². The molecule has 0 bridgehead atoms. The van der Waals surface area contributed by atoms with E-state index in [4.69, 9.17) is 0 Å². The van der Waals surface area contributed by atoms with E-state index in [0.717, 1.165) is 11.3 Å². The summed E-state index contributed by atoms with van der Waals surface area (Å²) in [5.74, 6) is 0.472. The number of fused-ring (bicyclic) bond motifs is 1. The first-order valence-electron chi connectivity index (χ1n) is 4.48. The van der Waals surface area contributed by atoms with Gasteiger partial charge in [0.25, 0.3) is 0 Å². The van der Waals surface area contributed by atoms with Gasteiger partial charge in [0.05, 0.1) is 11.9 Å². The fourth-order valence-corrected chi connectivity index (χ4v) is 1.59. The SMILES string of the molecule is Cc1c(C(C)C)nc2cnccn12. The van der Waals surface area contributed by atoms with E-state index >= 15 is 0 Å². The number of hydrogen-bond acceptors (Lipinski definition) is 2. The largest absolute Gasteiger partial charge is 0.301 e. The molecular weight excluding hydrogens is 162 g/mol. The summed E-state index contributed by atoms with van der Waals surface area (Å²) in [6, 6.07) is 0. The van der Waals surface area contributed by atoms with Gasteiger partial charge < -0.3 is 4.40 Å². The van der Waals surface area contributed by atoms with E-state index in [1.165, 1.54) is 5.69 Å². The fraction of sp³-hybridized carbons (Fsp3) is 0.400. The van der Waals surface area contributed by atoms with Crippen LogP contribution in [0.5, 0.6) is 0 Å². The minimum absolute atomic E-state index is 0.472. The van der Waals surface area contributed by atoms with E-state index in [0.29, 0.717) is 5.92 Å². The number of rotatable bonds is 1. The Bertz CT molecular complexity index is 429. The maximum Gasteiger partial charge on any atom is 0.155 e. The molecule has 2 rings (SSSR count). The standard InChI is InChI=1S/C10H13N3/c1-7(2)10-8(3)13-5-4-11-6-9(13)12-10/h4-7H,1-3H3. The molecule has 0 N–H and O–H groups in total. The lowest BCUT2D eigenvalue weighted by atomic mass is 10.1. The van der Waals surface area contributed by atoms with Gasteiger partial charge in [0.15, 0.2) is 5.65 Å². The van der Waals surface area contributed by atoms with Gasteiger partial charge in [0.1, 0.15) is 0 Å². The monoisotopic (exact) mass is 175 g/mol. The van der Waals surface area contributed by atoms with Crippen molar-refractivity contribution in [1.82, 2.24) is 14.4 Å². The molecule has 3 nitrogen and oxygen atoms in total. The van der Waals surface area contributed by atoms with Crippen LogP contribution in [0, 0.1) is 6.92 Å². The molecule has 0 saturated heterocycles. The zero-order valence-corrected chi connectivity index (χ0v) is 8.15. The van der Waals surface area contributed by atoms with Crippen molar-refractivity contribution < 1.29 is 0 Å². The number of nitrogens with zero attached hydrogens (tertiary/aromatic N) is 3. The maximum atomic E-state index is 4.51. The van der Waals surface area contributed by atoms with Crippen LogP contribution in [0.25, 0.3) is 5.65 Å². The van der Waals surface area contributed by atoms with Crippen LogP contribution in [-0.4, -0.2) is 14.4 Å². The molecule has 0 fully saturated rings. The summed E-state index contributed by atoms with van der Waals surface area (Å²) in [6.45, 7) is 6.40. The second-order valence-electron chi connectivity index (χ2n) is 3.54. The Morgan fingerprint density at radius 2 is 2.15 bits per heavy atom. The molecule has 0 amide bonds. The molecule has 0 spiro atoms. The Kier molecular flexibility index (Phi) is 1.79. The normalized spacial score (nSPS) is 11.4. The molecule has 2 aromatic rings. The van der Waals surface area contributed by atoms with Crippen LogP contribution in [0.4, 0.5) is 0 Å². The van der Waals surface area contributed by atoms with Crippen LogP contribution < -0.4 is 0 Å². The fourth-order valence-electron chi connectivity index (χ4n) is 1.59. The molecule has 0 saturated carbocycles. The lowest BCUT2D eigenvalue weighted by molar-refractivity contribution is 0.821. The van der Waals surface area contributed by atoms with E-state index in [2.05, 4.69) is 35.1 Å². The predicted molar refractivity (Wildman–Crippen MR) is 51.8 cm³/mol. The third-order valence-corrected chi connectivity index (χ3v) is 2.25. The molecular formula is C10H13N3. The molecule has 68 valence electrons. The second kappa shape index (κ2) is 2.83. The average Bonchev–Trinajstić information content (AvgIpc) is 2.45.